The van der Waals surface area contributed by atoms with E-state index in [-0.39, 0.29) is 375 Å². The van der Waals surface area contributed by atoms with Crippen molar-refractivity contribution >= 4 is 197 Å². The number of amides is 1. The molecular formula is C86H72Cu2K2N17Na5O30S8. The van der Waals surface area contributed by atoms with Crippen molar-refractivity contribution in [2.45, 2.75) is 88.7 Å². The van der Waals surface area contributed by atoms with Gasteiger partial charge >= 0.3 is 251 Å². The number of aromatic hydroxyl groups is 5. The van der Waals surface area contributed by atoms with Gasteiger partial charge in [-0.1, -0.05) is 45.0 Å². The molecule has 0 atom stereocenters. The van der Waals surface area contributed by atoms with Crippen LogP contribution in [0.1, 0.15) is 57.5 Å². The predicted molar refractivity (Wildman–Crippen MR) is 499 cm³/mol. The van der Waals surface area contributed by atoms with Crippen LogP contribution in [-0.2, 0) is 118 Å². The Balaban J connectivity index is 0.000000685. The first kappa shape index (κ1) is 141. The van der Waals surface area contributed by atoms with Gasteiger partial charge in [0.15, 0.2) is 24.1 Å². The number of benzene rings is 12. The zero-order chi connectivity index (χ0) is 103. The number of nitriles is 2. The van der Waals surface area contributed by atoms with Crippen molar-refractivity contribution in [2.24, 2.45) is 46.2 Å². The van der Waals surface area contributed by atoms with Crippen molar-refractivity contribution < 1.29 is 422 Å². The zero-order valence-electron chi connectivity index (χ0n) is 81.2. The number of aryl methyl sites for hydroxylation is 2. The van der Waals surface area contributed by atoms with Gasteiger partial charge in [-0.2, -0.15) is 29.4 Å². The molecule has 8 N–H and O–H groups in total. The molecule has 1 amide bonds. The number of phenolic OH excluding ortho intramolecular Hbond substituents is 5. The number of nitrogens with zero attached hydrogens (tertiary/aromatic N) is 14. The van der Waals surface area contributed by atoms with Crippen molar-refractivity contribution in [3.05, 3.63) is 217 Å². The average Bonchev–Trinajstić information content (AvgIpc) is 1.56. The molecule has 0 unspecified atom stereocenters. The maximum absolute atomic E-state index is 11.7. The summed E-state index contributed by atoms with van der Waals surface area (Å²) in [7, 11) is -28.4. The number of carbonyl (C=O) groups excluding carboxylic acids is 1. The predicted octanol–water partition coefficient (Wildman–Crippen LogP) is -7.34. The Labute approximate surface area is 1080 Å². The number of rotatable bonds is 31. The molecule has 1 aliphatic rings. The number of hydrogen-bond acceptors (Lipinski definition) is 46. The second-order valence-corrected chi connectivity index (χ2v) is 40.7. The number of ether oxygens (including phenoxy) is 1. The Kier molecular flexibility index (Phi) is 58.4. The SMILES string of the molecule is CC(=O)Nc1ccc2c(O)c(N=Nc3cc(SOO[O-])ccc3O)ccc2c1.Cc1cc(N(CCC#N)CCC#N)ccc1N=C1C(C(C)(C)C)=Nn2nc(-c3ccc(NCOc4cc(S(=O)(=O)[O-])cc(S(=O)(=O)[O-])c4)cc3)nc21.Cc1cc(N=Nc2ccc(S(=O)(=O)[O-])cc2)c2c(NS(C)(=O)=O)cccc2c1O.O=S(=O)([O-])c1ccc2c(N=Nc3cc(SOO[O-])ccc3O)c(O)c(S(=O)(=O)[O-])cc2c1.[Cu].[Cu].[K+].[K+].[Na+].[Na+].[Na+].[Na+].[Na+]. The summed E-state index contributed by atoms with van der Waals surface area (Å²) in [4.78, 5) is 21.0. The molecule has 1 aliphatic heterocycles. The van der Waals surface area contributed by atoms with E-state index < -0.39 is 97.4 Å². The summed E-state index contributed by atoms with van der Waals surface area (Å²) in [6.07, 6.45) is 1.68. The Morgan fingerprint density at radius 1 is 0.520 bits per heavy atom. The van der Waals surface area contributed by atoms with E-state index in [1.165, 1.54) is 60.2 Å². The molecule has 1 aromatic heterocycles. The molecule has 2 heterocycles. The summed E-state index contributed by atoms with van der Waals surface area (Å²) in [5.74, 6) is -1.38. The molecule has 0 bridgehead atoms. The van der Waals surface area contributed by atoms with Crippen molar-refractivity contribution in [3.63, 3.8) is 0 Å². The van der Waals surface area contributed by atoms with Gasteiger partial charge in [0, 0.05) is 114 Å². The number of carbonyl (C=O) groups is 1. The van der Waals surface area contributed by atoms with E-state index in [0.717, 1.165) is 66.0 Å². The van der Waals surface area contributed by atoms with Gasteiger partial charge in [0.25, 0.3) is 0 Å². The van der Waals surface area contributed by atoms with Crippen LogP contribution in [0.5, 0.6) is 34.5 Å². The van der Waals surface area contributed by atoms with Crippen molar-refractivity contribution in [2.75, 3.05) is 46.3 Å². The van der Waals surface area contributed by atoms with E-state index in [9.17, 15) is 114 Å². The number of sulfonamides is 1. The fourth-order valence-corrected chi connectivity index (χ4v) is 17.0. The Bertz CT molecular complexity index is 8020. The Morgan fingerprint density at radius 3 is 1.57 bits per heavy atom. The van der Waals surface area contributed by atoms with Crippen LogP contribution in [0, 0.1) is 41.9 Å². The number of anilines is 4. The molecular weight excluding hydrogens is 2330 g/mol. The summed E-state index contributed by atoms with van der Waals surface area (Å²) in [6, 6.07) is 50.1. The molecule has 0 aliphatic carbocycles. The van der Waals surface area contributed by atoms with Gasteiger partial charge in [-0.25, -0.2) is 60.5 Å². The van der Waals surface area contributed by atoms with Crippen LogP contribution in [0.3, 0.4) is 0 Å². The number of aromatic nitrogens is 3. The fourth-order valence-electron chi connectivity index (χ4n) is 12.9. The third kappa shape index (κ3) is 39.6. The molecule has 0 fully saturated rings. The molecule has 47 nitrogen and oxygen atoms in total. The fraction of sp³-hybridized carbons (Fsp3) is 0.151. The van der Waals surface area contributed by atoms with Gasteiger partial charge in [0.05, 0.1) is 108 Å². The third-order valence-corrected chi connectivity index (χ3v) is 25.3. The molecule has 14 rings (SSSR count). The van der Waals surface area contributed by atoms with Gasteiger partial charge < -0.3 is 79.1 Å². The van der Waals surface area contributed by atoms with Crippen LogP contribution >= 0.6 is 24.1 Å². The van der Waals surface area contributed by atoms with Crippen molar-refractivity contribution in [1.82, 2.24) is 14.9 Å². The van der Waals surface area contributed by atoms with Crippen LogP contribution in [0.25, 0.3) is 43.7 Å². The minimum atomic E-state index is -5.25. The van der Waals surface area contributed by atoms with Crippen LogP contribution in [0.2, 0.25) is 0 Å². The summed E-state index contributed by atoms with van der Waals surface area (Å²) in [5.41, 5.74) is 6.07. The Hall–Kier alpha value is -5.38. The summed E-state index contributed by atoms with van der Waals surface area (Å²) >= 11 is 1.12. The minimum absolute atomic E-state index is 0. The van der Waals surface area contributed by atoms with E-state index >= 15 is 0 Å². The number of azo groups is 3. The average molecular weight is 2400 g/mol. The molecule has 0 saturated heterocycles. The standard InChI is InChI=1S/C34H35N9O7S2.C18H17N3O6S2.C18H15N3O6S.C16H12N2O11S3.2Cu.2K.5Na/c1-22-17-25(42(15-5-13-35)16-6-14-36)11-12-29(22)38-30-31(34(2,3)4)40-43-33(30)39-32(41-43)23-7-9-24(10-8-23)37-21-50-26-18-27(51(44,45)46)20-28(19-26)52(47,48)49;1-11-10-16(20-19-12-6-8-13(9-7-12)29(25,26)27)17-14(18(11)22)4-3-5-15(17)21-28(2,23)24;1-10(22)19-12-3-5-14-11(8-12)2-6-15(18(14)24)20-21-16-9-13(28-27-26-25)4-7-17(16)23;19-13-4-1-9(30-29-28-21)7-12(13)17-18-15-11-3-2-10(31(22,23)24)5-8(11)6-14(16(15)20)32(25,26)27;;;;;;;;;/h7-12,17-20,37H,5-6,15-16,21H2,1-4H3,(H,44,45,46)(H,47,48,49);3-10,21-22H,1-2H3,(H,25,26,27);2-9,23-25H,1H3,(H,19,22);1-7,19-21H,(H,22,23,24)(H,25,26,27);;;;;;;;;/q;;;;;;7*+1/p-7. The topological polar surface area (TPSA) is 747 Å². The maximum Gasteiger partial charge on any atom is 1.00 e. The third-order valence-electron chi connectivity index (χ3n) is 19.4. The molecule has 0 saturated carbocycles. The van der Waals surface area contributed by atoms with E-state index in [4.69, 9.17) is 30.3 Å². The largest absolute Gasteiger partial charge is 1.00 e. The van der Waals surface area contributed by atoms with E-state index in [2.05, 4.69) is 82.0 Å². The van der Waals surface area contributed by atoms with Crippen molar-refractivity contribution in [1.29, 1.82) is 10.5 Å². The second-order valence-electron chi connectivity index (χ2n) is 30.5. The number of fused-ring (bicyclic) bond motifs is 4. The van der Waals surface area contributed by atoms with Crippen LogP contribution in [0.4, 0.5) is 62.6 Å². The van der Waals surface area contributed by atoms with Gasteiger partial charge in [0.1, 0.15) is 102 Å². The first-order valence-corrected chi connectivity index (χ1v) is 50.3. The quantitative estimate of drug-likeness (QED) is 0.00381. The van der Waals surface area contributed by atoms with Crippen LogP contribution in [-0.4, -0.2) is 157 Å². The molecule has 12 aromatic carbocycles. The summed E-state index contributed by atoms with van der Waals surface area (Å²) < 4.78 is 210. The summed E-state index contributed by atoms with van der Waals surface area (Å²) in [6.45, 7) is 11.8. The number of hydrogen-bond donors (Lipinski definition) is 8. The van der Waals surface area contributed by atoms with Gasteiger partial charge in [-0.05, 0) is 212 Å². The molecule has 758 valence electrons. The van der Waals surface area contributed by atoms with Crippen molar-refractivity contribution in [3.8, 4) is 58.0 Å². The van der Waals surface area contributed by atoms with Gasteiger partial charge in [0.2, 0.25) is 21.8 Å². The normalized spacial score (nSPS) is 11.9. The first-order chi connectivity index (χ1) is 66.3. The first-order valence-electron chi connectivity index (χ1n) is 39.8. The van der Waals surface area contributed by atoms with E-state index in [1.807, 2.05) is 50.8 Å². The zero-order valence-corrected chi connectivity index (χ0v) is 106. The van der Waals surface area contributed by atoms with Crippen LogP contribution in [0.15, 0.2) is 275 Å². The van der Waals surface area contributed by atoms with E-state index in [0.29, 0.717) is 146 Å². The smallest absolute Gasteiger partial charge is 0.744 e. The molecule has 2 radical (unpaired) electrons. The number of nitrogens with one attached hydrogen (secondary N) is 3. The monoisotopic (exact) mass is 2400 g/mol. The molecule has 150 heavy (non-hydrogen) atoms. The molecule has 64 heteroatoms. The number of phenols is 5. The second kappa shape index (κ2) is 62.3. The number of aliphatic imine (C=N–C) groups is 1. The minimum Gasteiger partial charge on any atom is -0.744 e. The van der Waals surface area contributed by atoms with Gasteiger partial charge in [-0.3, -0.25) is 19.6 Å². The molecule has 13 aromatic rings. The summed E-state index contributed by atoms with van der Waals surface area (Å²) in [5, 5.41) is 136. The maximum atomic E-state index is 11.7. The van der Waals surface area contributed by atoms with E-state index in [1.54, 1.807) is 79.7 Å². The van der Waals surface area contributed by atoms with Crippen LogP contribution < -0.4 is 286 Å². The van der Waals surface area contributed by atoms with Gasteiger partial charge in [-0.15, -0.1) is 35.5 Å². The molecule has 0 spiro atoms. The Morgan fingerprint density at radius 2 is 1.05 bits per heavy atom.